The smallest absolute Gasteiger partial charge is 0.390 e. The standard InChI is InChI=1S/C30H39N12O19P3/c1-12-5-40(30(46)39-27(12)44)20-3-14(60-63(50,51)55-6-16-13(43)2-19(57-16)41-10-35-22-24(31)33-9-34-25(22)41)18(58-20)8-56-64(52,53)61-15-4-21(59-17(15)7-54-62(47,48)49)42-11-36-23-26(42)37-29(32)38-28(23)45/h5,9-11,13-21,43H,2-4,6-8H2,1H3,(H,50,51)(H,52,53)(H2,31,33,34)(H,39,44,46)(H2,47,48,49)(H3,32,37,38,45)/t13-,14-,15-,16+,17+,18+,19+,20+,21+/m0/s1. The fraction of sp³-hybridized carbons (Fsp3) is 0.533. The highest BCUT2D eigenvalue weighted by atomic mass is 31.2. The molecular weight excluding hydrogens is 925 g/mol. The van der Waals surface area contributed by atoms with Crippen LogP contribution in [0, 0.1) is 6.92 Å². The van der Waals surface area contributed by atoms with E-state index in [1.807, 2.05) is 0 Å². The van der Waals surface area contributed by atoms with Crippen LogP contribution in [0.2, 0.25) is 0 Å². The Balaban J connectivity index is 0.961. The molecule has 3 aliphatic rings. The Hall–Kier alpha value is -4.65. The Morgan fingerprint density at radius 1 is 0.719 bits per heavy atom. The molecule has 348 valence electrons. The third-order valence-electron chi connectivity index (χ3n) is 10.2. The molecule has 0 saturated carbocycles. The normalized spacial score (nSPS) is 28.2. The van der Waals surface area contributed by atoms with Gasteiger partial charge in [0.25, 0.3) is 11.1 Å². The van der Waals surface area contributed by atoms with Gasteiger partial charge in [0.2, 0.25) is 5.95 Å². The van der Waals surface area contributed by atoms with Crippen molar-refractivity contribution in [1.82, 2.24) is 48.6 Å². The second-order valence-electron chi connectivity index (χ2n) is 14.6. The summed E-state index contributed by atoms with van der Waals surface area (Å²) in [5.74, 6) is -0.166. The summed E-state index contributed by atoms with van der Waals surface area (Å²) in [6.45, 7) is -1.08. The third kappa shape index (κ3) is 9.94. The van der Waals surface area contributed by atoms with Crippen molar-refractivity contribution in [1.29, 1.82) is 0 Å². The van der Waals surface area contributed by atoms with E-state index < -0.39 is 122 Å². The van der Waals surface area contributed by atoms with Gasteiger partial charge in [0, 0.05) is 31.0 Å². The van der Waals surface area contributed by atoms with E-state index in [1.165, 1.54) is 28.7 Å². The number of H-pyrrole nitrogens is 2. The molecule has 64 heavy (non-hydrogen) atoms. The van der Waals surface area contributed by atoms with E-state index in [9.17, 15) is 52.8 Å². The summed E-state index contributed by atoms with van der Waals surface area (Å²) in [5, 5.41) is 10.8. The first-order valence-corrected chi connectivity index (χ1v) is 23.3. The van der Waals surface area contributed by atoms with E-state index >= 15 is 0 Å². The zero-order valence-electron chi connectivity index (χ0n) is 32.8. The van der Waals surface area contributed by atoms with Crippen molar-refractivity contribution >= 4 is 57.6 Å². The molecule has 0 aliphatic carbocycles. The lowest BCUT2D eigenvalue weighted by Crippen LogP contribution is -2.33. The first kappa shape index (κ1) is 45.9. The van der Waals surface area contributed by atoms with Gasteiger partial charge < -0.3 is 50.4 Å². The summed E-state index contributed by atoms with van der Waals surface area (Å²) in [6.07, 6.45) is -7.59. The molecule has 0 amide bonds. The predicted octanol–water partition coefficient (Wildman–Crippen LogP) is -1.68. The van der Waals surface area contributed by atoms with Crippen LogP contribution in [-0.2, 0) is 50.5 Å². The lowest BCUT2D eigenvalue weighted by Gasteiger charge is -2.24. The molecule has 3 fully saturated rings. The van der Waals surface area contributed by atoms with Crippen LogP contribution in [0.25, 0.3) is 22.3 Å². The average molecular weight is 965 g/mol. The number of nitrogens with two attached hydrogens (primary N) is 2. The highest BCUT2D eigenvalue weighted by Gasteiger charge is 2.47. The quantitative estimate of drug-likeness (QED) is 0.0499. The maximum atomic E-state index is 13.5. The molecule has 34 heteroatoms. The molecule has 0 aromatic carbocycles. The van der Waals surface area contributed by atoms with Crippen LogP contribution in [0.1, 0.15) is 43.5 Å². The van der Waals surface area contributed by atoms with Crippen LogP contribution in [0.4, 0.5) is 11.8 Å². The van der Waals surface area contributed by atoms with Crippen molar-refractivity contribution in [2.75, 3.05) is 31.3 Å². The number of nitrogen functional groups attached to an aromatic ring is 2. The number of hydrogen-bond acceptors (Lipinski definition) is 22. The molecule has 3 aliphatic heterocycles. The third-order valence-corrected chi connectivity index (χ3v) is 12.7. The van der Waals surface area contributed by atoms with Gasteiger partial charge in [-0.15, -0.1) is 0 Å². The summed E-state index contributed by atoms with van der Waals surface area (Å²) in [6, 6.07) is 0. The number of fused-ring (bicyclic) bond motifs is 2. The number of aliphatic hydroxyl groups excluding tert-OH is 1. The summed E-state index contributed by atoms with van der Waals surface area (Å²) < 4.78 is 85.7. The van der Waals surface area contributed by atoms with Crippen LogP contribution in [-0.4, -0.2) is 130 Å². The number of phosphoric acid groups is 3. The number of aromatic amines is 2. The van der Waals surface area contributed by atoms with Gasteiger partial charge in [-0.1, -0.05) is 0 Å². The van der Waals surface area contributed by atoms with Gasteiger partial charge in [0.1, 0.15) is 61.0 Å². The maximum absolute atomic E-state index is 13.5. The summed E-state index contributed by atoms with van der Waals surface area (Å²) in [5.41, 5.74) is 9.68. The molecule has 0 radical (unpaired) electrons. The molecule has 8 heterocycles. The lowest BCUT2D eigenvalue weighted by molar-refractivity contribution is -0.0607. The molecule has 11 N–H and O–H groups in total. The van der Waals surface area contributed by atoms with Crippen molar-refractivity contribution in [3.05, 3.63) is 61.9 Å². The highest BCUT2D eigenvalue weighted by molar-refractivity contribution is 7.47. The number of aromatic nitrogens is 10. The molecule has 8 rings (SSSR count). The number of hydrogen-bond donors (Lipinski definition) is 9. The summed E-state index contributed by atoms with van der Waals surface area (Å²) in [7, 11) is -15.5. The molecule has 11 atom stereocenters. The minimum atomic E-state index is -5.26. The second-order valence-corrected chi connectivity index (χ2v) is 18.7. The van der Waals surface area contributed by atoms with Crippen LogP contribution in [0.3, 0.4) is 0 Å². The Morgan fingerprint density at radius 2 is 1.27 bits per heavy atom. The van der Waals surface area contributed by atoms with Gasteiger partial charge in [0.15, 0.2) is 22.6 Å². The van der Waals surface area contributed by atoms with Gasteiger partial charge >= 0.3 is 29.2 Å². The zero-order chi connectivity index (χ0) is 45.9. The number of ether oxygens (including phenoxy) is 3. The molecule has 31 nitrogen and oxygen atoms in total. The van der Waals surface area contributed by atoms with Crippen molar-refractivity contribution in [3.8, 4) is 0 Å². The van der Waals surface area contributed by atoms with Gasteiger partial charge in [-0.25, -0.2) is 38.4 Å². The maximum Gasteiger partial charge on any atom is 0.472 e. The number of aryl methyl sites for hydroxylation is 1. The van der Waals surface area contributed by atoms with Crippen molar-refractivity contribution in [2.45, 2.75) is 81.5 Å². The number of nitrogens with zero attached hydrogens (tertiary/aromatic N) is 8. The number of rotatable bonds is 16. The predicted molar refractivity (Wildman–Crippen MR) is 209 cm³/mol. The number of imidazole rings is 2. The molecule has 2 unspecified atom stereocenters. The van der Waals surface area contributed by atoms with E-state index in [1.54, 1.807) is 0 Å². The fourth-order valence-corrected chi connectivity index (χ4v) is 9.51. The SMILES string of the molecule is Cc1cn([C@H]2C[C@H](OP(=O)(O)OC[C@H]3O[C@@H](n4cnc5c(N)ncnc54)C[C@@H]3O)[C@@H](COP(=O)(O)O[C@H]3C[C@H](n4cnc5c(=O)[nH]c(N)nc54)O[C@@H]3COP(=O)(O)O)O2)c(=O)[nH]c1=O. The van der Waals surface area contributed by atoms with Crippen molar-refractivity contribution in [2.24, 2.45) is 0 Å². The Labute approximate surface area is 355 Å². The summed E-state index contributed by atoms with van der Waals surface area (Å²) in [4.78, 5) is 102. The molecule has 5 aromatic rings. The van der Waals surface area contributed by atoms with E-state index in [0.717, 1.165) is 17.1 Å². The van der Waals surface area contributed by atoms with Crippen LogP contribution in [0.15, 0.2) is 39.6 Å². The van der Waals surface area contributed by atoms with E-state index in [0.29, 0.717) is 5.65 Å². The minimum absolute atomic E-state index is 0.00677. The Bertz CT molecular complexity index is 2880. The Kier molecular flexibility index (Phi) is 12.6. The van der Waals surface area contributed by atoms with Gasteiger partial charge in [0.05, 0.1) is 38.6 Å². The minimum Gasteiger partial charge on any atom is -0.390 e. The number of nitrogens with one attached hydrogen (secondary N) is 2. The lowest BCUT2D eigenvalue weighted by atomic mass is 10.2. The molecule has 5 aromatic heterocycles. The monoisotopic (exact) mass is 964 g/mol. The van der Waals surface area contributed by atoms with Gasteiger partial charge in [-0.05, 0) is 6.92 Å². The first-order chi connectivity index (χ1) is 30.1. The molecule has 3 saturated heterocycles. The number of aliphatic hydroxyl groups is 1. The van der Waals surface area contributed by atoms with Gasteiger partial charge in [-0.3, -0.25) is 55.9 Å². The van der Waals surface area contributed by atoms with Crippen LogP contribution < -0.4 is 28.3 Å². The largest absolute Gasteiger partial charge is 0.472 e. The van der Waals surface area contributed by atoms with E-state index in [4.69, 9.17) is 43.8 Å². The van der Waals surface area contributed by atoms with Crippen LogP contribution >= 0.6 is 23.5 Å². The van der Waals surface area contributed by atoms with E-state index in [-0.39, 0.29) is 46.9 Å². The average Bonchev–Trinajstić information content (AvgIpc) is 4.04. The van der Waals surface area contributed by atoms with Gasteiger partial charge in [-0.2, -0.15) is 4.98 Å². The van der Waals surface area contributed by atoms with E-state index in [2.05, 4.69) is 39.4 Å². The van der Waals surface area contributed by atoms with Crippen molar-refractivity contribution in [3.63, 3.8) is 0 Å². The second kappa shape index (κ2) is 17.6. The molecule has 0 spiro atoms. The summed E-state index contributed by atoms with van der Waals surface area (Å²) >= 11 is 0. The number of anilines is 2. The fourth-order valence-electron chi connectivity index (χ4n) is 7.24. The number of phosphoric ester groups is 3. The zero-order valence-corrected chi connectivity index (χ0v) is 35.5. The Morgan fingerprint density at radius 3 is 1.91 bits per heavy atom. The van der Waals surface area contributed by atoms with Crippen LogP contribution in [0.5, 0.6) is 0 Å². The molecule has 0 bridgehead atoms. The highest BCUT2D eigenvalue weighted by Crippen LogP contribution is 2.52. The molecular formula is C30H39N12O19P3. The first-order valence-electron chi connectivity index (χ1n) is 18.8. The van der Waals surface area contributed by atoms with Crippen molar-refractivity contribution < 1.29 is 75.2 Å². The topological polar surface area (TPSA) is 440 Å².